The fourth-order valence-corrected chi connectivity index (χ4v) is 5.73. The summed E-state index contributed by atoms with van der Waals surface area (Å²) < 4.78 is 0. The van der Waals surface area contributed by atoms with Crippen molar-refractivity contribution in [3.8, 4) is 0 Å². The number of likely N-dealkylation sites (tertiary alicyclic amines) is 1. The van der Waals surface area contributed by atoms with Gasteiger partial charge in [0.05, 0.1) is 5.60 Å². The zero-order valence-electron chi connectivity index (χ0n) is 19.0. The van der Waals surface area contributed by atoms with Crippen LogP contribution in [0.15, 0.2) is 42.7 Å². The Hall–Kier alpha value is -1.75. The van der Waals surface area contributed by atoms with Crippen LogP contribution in [0.2, 0.25) is 0 Å². The van der Waals surface area contributed by atoms with Crippen LogP contribution < -0.4 is 0 Å². The van der Waals surface area contributed by atoms with Crippen molar-refractivity contribution in [2.75, 3.05) is 20.1 Å². The molecule has 0 spiro atoms. The molecule has 2 aromatic rings. The average Bonchev–Trinajstić information content (AvgIpc) is 3.06. The summed E-state index contributed by atoms with van der Waals surface area (Å²) >= 11 is 0. The third-order valence-electron chi connectivity index (χ3n) is 7.47. The topological polar surface area (TPSA) is 56.6 Å². The van der Waals surface area contributed by atoms with E-state index in [0.29, 0.717) is 5.92 Å². The number of hydrogen-bond acceptors (Lipinski definition) is 4. The molecule has 2 fully saturated rings. The van der Waals surface area contributed by atoms with Crippen molar-refractivity contribution in [2.24, 2.45) is 5.41 Å². The Morgan fingerprint density at radius 3 is 2.30 bits per heavy atom. The minimum Gasteiger partial charge on any atom is -0.390 e. The maximum atomic E-state index is 12.3. The molecule has 1 saturated heterocycles. The van der Waals surface area contributed by atoms with Crippen molar-refractivity contribution < 1.29 is 10.2 Å². The first-order valence-electron chi connectivity index (χ1n) is 11.2. The molecular weight excluding hydrogens is 372 g/mol. The second kappa shape index (κ2) is 7.44. The lowest BCUT2D eigenvalue weighted by molar-refractivity contribution is -0.127. The van der Waals surface area contributed by atoms with Crippen molar-refractivity contribution in [1.29, 1.82) is 0 Å². The molecule has 3 atom stereocenters. The molecule has 162 valence electrons. The highest BCUT2D eigenvalue weighted by Crippen LogP contribution is 2.51. The minimum atomic E-state index is -1.11. The molecule has 1 aromatic carbocycles. The van der Waals surface area contributed by atoms with E-state index in [1.54, 1.807) is 0 Å². The molecule has 2 heterocycles. The van der Waals surface area contributed by atoms with E-state index in [0.717, 1.165) is 49.0 Å². The Morgan fingerprint density at radius 1 is 1.10 bits per heavy atom. The van der Waals surface area contributed by atoms with Gasteiger partial charge >= 0.3 is 0 Å². The molecule has 4 heteroatoms. The first-order chi connectivity index (χ1) is 14.0. The first kappa shape index (κ1) is 21.5. The van der Waals surface area contributed by atoms with Crippen LogP contribution in [0.3, 0.4) is 0 Å². The van der Waals surface area contributed by atoms with E-state index in [1.165, 1.54) is 5.56 Å². The van der Waals surface area contributed by atoms with E-state index < -0.39 is 11.2 Å². The molecular formula is C26H36N2O2. The molecule has 0 radical (unpaired) electrons. The van der Waals surface area contributed by atoms with Crippen LogP contribution >= 0.6 is 0 Å². The third-order valence-corrected chi connectivity index (χ3v) is 7.47. The lowest BCUT2D eigenvalue weighted by Gasteiger charge is -2.56. The van der Waals surface area contributed by atoms with Gasteiger partial charge in [-0.25, -0.2) is 0 Å². The normalized spacial score (nSPS) is 28.3. The molecule has 1 aliphatic heterocycles. The van der Waals surface area contributed by atoms with E-state index >= 15 is 0 Å². The highest BCUT2D eigenvalue weighted by Gasteiger charge is 2.55. The summed E-state index contributed by atoms with van der Waals surface area (Å²) in [7, 11) is 2.10. The summed E-state index contributed by atoms with van der Waals surface area (Å²) in [5, 5.41) is 22.8. The second-order valence-corrected chi connectivity index (χ2v) is 10.7. The lowest BCUT2D eigenvalue weighted by Crippen LogP contribution is -2.63. The van der Waals surface area contributed by atoms with E-state index in [9.17, 15) is 10.2 Å². The van der Waals surface area contributed by atoms with Gasteiger partial charge in [0.1, 0.15) is 5.60 Å². The molecule has 1 saturated carbocycles. The molecule has 1 aliphatic carbocycles. The maximum absolute atomic E-state index is 12.3. The van der Waals surface area contributed by atoms with Gasteiger partial charge in [-0.15, -0.1) is 0 Å². The number of aliphatic hydroxyl groups is 2. The highest BCUT2D eigenvalue weighted by atomic mass is 16.3. The van der Waals surface area contributed by atoms with Gasteiger partial charge < -0.3 is 15.1 Å². The average molecular weight is 409 g/mol. The summed E-state index contributed by atoms with van der Waals surface area (Å²) in [5.41, 5.74) is 2.18. The fourth-order valence-electron chi connectivity index (χ4n) is 5.73. The predicted octanol–water partition coefficient (Wildman–Crippen LogP) is 4.41. The van der Waals surface area contributed by atoms with Gasteiger partial charge in [-0.2, -0.15) is 0 Å². The van der Waals surface area contributed by atoms with Crippen LogP contribution in [-0.4, -0.2) is 45.8 Å². The smallest absolute Gasteiger partial charge is 0.124 e. The largest absolute Gasteiger partial charge is 0.390 e. The van der Waals surface area contributed by atoms with Crippen molar-refractivity contribution in [3.05, 3.63) is 65.0 Å². The third kappa shape index (κ3) is 3.59. The number of rotatable bonds is 5. The molecule has 1 unspecified atom stereocenters. The maximum Gasteiger partial charge on any atom is 0.124 e. The number of pyridine rings is 1. The quantitative estimate of drug-likeness (QED) is 0.769. The molecule has 2 aliphatic rings. The summed E-state index contributed by atoms with van der Waals surface area (Å²) in [6.07, 6.45) is 6.26. The van der Waals surface area contributed by atoms with Crippen molar-refractivity contribution in [1.82, 2.24) is 9.88 Å². The molecule has 4 rings (SSSR count). The highest BCUT2D eigenvalue weighted by molar-refractivity contribution is 5.42. The predicted molar refractivity (Wildman–Crippen MR) is 121 cm³/mol. The monoisotopic (exact) mass is 408 g/mol. The number of hydrogen-bond donors (Lipinski definition) is 2. The van der Waals surface area contributed by atoms with Crippen molar-refractivity contribution >= 4 is 0 Å². The number of benzene rings is 1. The Bertz CT molecular complexity index is 900. The summed E-state index contributed by atoms with van der Waals surface area (Å²) in [6, 6.07) is 10.6. The number of aromatic nitrogens is 1. The van der Waals surface area contributed by atoms with Crippen LogP contribution in [0.1, 0.15) is 81.0 Å². The van der Waals surface area contributed by atoms with Crippen LogP contribution in [-0.2, 0) is 5.60 Å². The van der Waals surface area contributed by atoms with Gasteiger partial charge in [-0.05, 0) is 67.8 Å². The van der Waals surface area contributed by atoms with E-state index in [2.05, 4.69) is 68.0 Å². The summed E-state index contributed by atoms with van der Waals surface area (Å²) in [5.74, 6) is 0.745. The Kier molecular flexibility index (Phi) is 5.32. The van der Waals surface area contributed by atoms with Crippen LogP contribution in [0.4, 0.5) is 0 Å². The SMILES string of the molecule is CC(C)c1ccc([C@](O)(c2cncc([C@@H]3CCC(C)(O)C3)c2)C2(C)CN(C)C2)cc1. The Morgan fingerprint density at radius 2 is 1.77 bits per heavy atom. The zero-order chi connectivity index (χ0) is 21.7. The first-order valence-corrected chi connectivity index (χ1v) is 11.2. The van der Waals surface area contributed by atoms with Crippen LogP contribution in [0.5, 0.6) is 0 Å². The molecule has 2 N–H and O–H groups in total. The van der Waals surface area contributed by atoms with Gasteiger partial charge in [0.15, 0.2) is 0 Å². The van der Waals surface area contributed by atoms with E-state index in [4.69, 9.17) is 0 Å². The zero-order valence-corrected chi connectivity index (χ0v) is 19.0. The van der Waals surface area contributed by atoms with Crippen LogP contribution in [0.25, 0.3) is 0 Å². The molecule has 0 bridgehead atoms. The molecule has 1 aromatic heterocycles. The van der Waals surface area contributed by atoms with Crippen LogP contribution in [0, 0.1) is 5.41 Å². The standard InChI is InChI=1S/C26H36N2O2/c1-18(2)19-6-8-22(9-7-19)26(30,24(3)16-28(5)17-24)23-12-21(14-27-15-23)20-10-11-25(4,29)13-20/h6-9,12,14-15,18,20,29-30H,10-11,13,16-17H2,1-5H3/t20-,25?,26+/m1/s1. The van der Waals surface area contributed by atoms with Gasteiger partial charge in [-0.3, -0.25) is 4.98 Å². The van der Waals surface area contributed by atoms with Gasteiger partial charge in [0.25, 0.3) is 0 Å². The Balaban J connectivity index is 1.77. The van der Waals surface area contributed by atoms with Crippen molar-refractivity contribution in [3.63, 3.8) is 0 Å². The fraction of sp³-hybridized carbons (Fsp3) is 0.577. The summed E-state index contributed by atoms with van der Waals surface area (Å²) in [6.45, 7) is 10.1. The Labute approximate surface area is 181 Å². The van der Waals surface area contributed by atoms with Gasteiger partial charge in [0, 0.05) is 36.5 Å². The van der Waals surface area contributed by atoms with Gasteiger partial charge in [0.2, 0.25) is 0 Å². The van der Waals surface area contributed by atoms with Crippen molar-refractivity contribution in [2.45, 2.75) is 70.0 Å². The van der Waals surface area contributed by atoms with E-state index in [-0.39, 0.29) is 11.3 Å². The second-order valence-electron chi connectivity index (χ2n) is 10.7. The van der Waals surface area contributed by atoms with E-state index in [1.807, 2.05) is 19.3 Å². The lowest BCUT2D eigenvalue weighted by atomic mass is 9.62. The summed E-state index contributed by atoms with van der Waals surface area (Å²) in [4.78, 5) is 6.80. The minimum absolute atomic E-state index is 0.289. The molecule has 0 amide bonds. The van der Waals surface area contributed by atoms with Gasteiger partial charge in [-0.1, -0.05) is 45.0 Å². The number of nitrogens with zero attached hydrogens (tertiary/aromatic N) is 2. The molecule has 30 heavy (non-hydrogen) atoms. The molecule has 4 nitrogen and oxygen atoms in total.